The van der Waals surface area contributed by atoms with Crippen LogP contribution in [0.4, 0.5) is 5.82 Å². The summed E-state index contributed by atoms with van der Waals surface area (Å²) in [6.07, 6.45) is 2.97. The largest absolute Gasteiger partial charge is 0.377 e. The van der Waals surface area contributed by atoms with E-state index in [4.69, 9.17) is 4.74 Å². The maximum Gasteiger partial charge on any atom is 0.150 e. The minimum atomic E-state index is 0.343. The quantitative estimate of drug-likeness (QED) is 0.812. The number of nitrogens with one attached hydrogen (secondary N) is 1. The first kappa shape index (κ1) is 14.2. The molecule has 5 heteroatoms. The van der Waals surface area contributed by atoms with Gasteiger partial charge in [-0.25, -0.2) is 4.98 Å². The van der Waals surface area contributed by atoms with Crippen molar-refractivity contribution in [1.82, 2.24) is 15.3 Å². The number of aryl methyl sites for hydroxylation is 2. The second-order valence-corrected chi connectivity index (χ2v) is 5.05. The second kappa shape index (κ2) is 6.82. The number of hydrogen-bond acceptors (Lipinski definition) is 5. The molecule has 2 rings (SSSR count). The van der Waals surface area contributed by atoms with Crippen LogP contribution < -0.4 is 10.2 Å². The lowest BCUT2D eigenvalue weighted by Crippen LogP contribution is -2.51. The monoisotopic (exact) mass is 264 g/mol. The van der Waals surface area contributed by atoms with Crippen LogP contribution in [0.2, 0.25) is 0 Å². The van der Waals surface area contributed by atoms with Crippen LogP contribution in [-0.2, 0) is 4.74 Å². The summed E-state index contributed by atoms with van der Waals surface area (Å²) in [7, 11) is 0. The third kappa shape index (κ3) is 3.64. The number of ether oxygens (including phenoxy) is 1. The van der Waals surface area contributed by atoms with E-state index in [1.54, 1.807) is 0 Å². The summed E-state index contributed by atoms with van der Waals surface area (Å²) in [6, 6.07) is 0.343. The molecule has 1 unspecified atom stereocenters. The Bertz CT molecular complexity index is 410. The van der Waals surface area contributed by atoms with Gasteiger partial charge in [-0.15, -0.1) is 0 Å². The topological polar surface area (TPSA) is 50.3 Å². The highest BCUT2D eigenvalue weighted by Gasteiger charge is 2.25. The predicted molar refractivity (Wildman–Crippen MR) is 76.6 cm³/mol. The Morgan fingerprint density at radius 2 is 2.32 bits per heavy atom. The zero-order valence-electron chi connectivity index (χ0n) is 12.1. The Morgan fingerprint density at radius 1 is 1.47 bits per heavy atom. The summed E-state index contributed by atoms with van der Waals surface area (Å²) in [6.45, 7) is 10.6. The molecule has 19 heavy (non-hydrogen) atoms. The normalized spacial score (nSPS) is 19.7. The average molecular weight is 264 g/mol. The Hall–Kier alpha value is -1.20. The van der Waals surface area contributed by atoms with E-state index < -0.39 is 0 Å². The van der Waals surface area contributed by atoms with Crippen molar-refractivity contribution in [2.75, 3.05) is 37.7 Å². The van der Waals surface area contributed by atoms with Crippen molar-refractivity contribution in [3.05, 3.63) is 17.6 Å². The number of anilines is 1. The summed E-state index contributed by atoms with van der Waals surface area (Å²) >= 11 is 0. The molecule has 1 saturated heterocycles. The summed E-state index contributed by atoms with van der Waals surface area (Å²) < 4.78 is 5.60. The first-order valence-electron chi connectivity index (χ1n) is 7.07. The molecule has 5 nitrogen and oxygen atoms in total. The maximum atomic E-state index is 5.60. The van der Waals surface area contributed by atoms with Gasteiger partial charge in [0.2, 0.25) is 0 Å². The van der Waals surface area contributed by atoms with Crippen LogP contribution in [-0.4, -0.2) is 48.9 Å². The third-order valence-corrected chi connectivity index (χ3v) is 3.36. The number of aromatic nitrogens is 2. The van der Waals surface area contributed by atoms with Gasteiger partial charge in [0.15, 0.2) is 5.82 Å². The van der Waals surface area contributed by atoms with Gasteiger partial charge in [0.25, 0.3) is 0 Å². The van der Waals surface area contributed by atoms with E-state index in [2.05, 4.69) is 27.1 Å². The average Bonchev–Trinajstić information content (AvgIpc) is 2.42. The van der Waals surface area contributed by atoms with E-state index in [0.29, 0.717) is 6.04 Å². The molecule has 1 aliphatic heterocycles. The van der Waals surface area contributed by atoms with Crippen LogP contribution in [0.1, 0.15) is 24.7 Å². The van der Waals surface area contributed by atoms with Crippen LogP contribution in [0.15, 0.2) is 6.20 Å². The number of hydrogen-bond donors (Lipinski definition) is 1. The van der Waals surface area contributed by atoms with Gasteiger partial charge in [0.1, 0.15) is 0 Å². The molecule has 106 valence electrons. The van der Waals surface area contributed by atoms with Gasteiger partial charge in [0.05, 0.1) is 30.6 Å². The van der Waals surface area contributed by atoms with Gasteiger partial charge in [-0.1, -0.05) is 6.92 Å². The molecule has 1 atom stereocenters. The lowest BCUT2D eigenvalue weighted by atomic mass is 10.2. The zero-order chi connectivity index (χ0) is 13.7. The van der Waals surface area contributed by atoms with Crippen LogP contribution >= 0.6 is 0 Å². The fourth-order valence-corrected chi connectivity index (χ4v) is 2.35. The number of rotatable bonds is 5. The Kier molecular flexibility index (Phi) is 5.10. The Labute approximate surface area is 115 Å². The molecule has 0 bridgehead atoms. The van der Waals surface area contributed by atoms with Crippen molar-refractivity contribution in [1.29, 1.82) is 0 Å². The van der Waals surface area contributed by atoms with Gasteiger partial charge in [-0.2, -0.15) is 0 Å². The lowest BCUT2D eigenvalue weighted by molar-refractivity contribution is 0.0932. The van der Waals surface area contributed by atoms with Crippen molar-refractivity contribution in [2.45, 2.75) is 33.2 Å². The first-order valence-corrected chi connectivity index (χ1v) is 7.07. The Morgan fingerprint density at radius 3 is 3.11 bits per heavy atom. The molecule has 0 amide bonds. The third-order valence-electron chi connectivity index (χ3n) is 3.36. The molecule has 2 heterocycles. The van der Waals surface area contributed by atoms with Gasteiger partial charge >= 0.3 is 0 Å². The van der Waals surface area contributed by atoms with Crippen molar-refractivity contribution >= 4 is 5.82 Å². The van der Waals surface area contributed by atoms with Gasteiger partial charge < -0.3 is 15.0 Å². The van der Waals surface area contributed by atoms with Gasteiger partial charge in [-0.05, 0) is 26.8 Å². The van der Waals surface area contributed by atoms with E-state index >= 15 is 0 Å². The Balaban J connectivity index is 2.11. The molecule has 1 aliphatic rings. The van der Waals surface area contributed by atoms with Crippen molar-refractivity contribution < 1.29 is 4.74 Å². The summed E-state index contributed by atoms with van der Waals surface area (Å²) in [4.78, 5) is 11.4. The van der Waals surface area contributed by atoms with Crippen molar-refractivity contribution in [2.24, 2.45) is 0 Å². The summed E-state index contributed by atoms with van der Waals surface area (Å²) in [5.41, 5.74) is 1.96. The molecular formula is C14H24N4O. The van der Waals surface area contributed by atoms with Crippen LogP contribution in [0.3, 0.4) is 0 Å². The minimum absolute atomic E-state index is 0.343. The SMILES string of the molecule is CCCNCC1COCCN1c1nc(C)cnc1C. The highest BCUT2D eigenvalue weighted by atomic mass is 16.5. The van der Waals surface area contributed by atoms with Crippen molar-refractivity contribution in [3.63, 3.8) is 0 Å². The predicted octanol–water partition coefficient (Wildman–Crippen LogP) is 1.30. The molecule has 0 aliphatic carbocycles. The molecule has 0 spiro atoms. The standard InChI is InChI=1S/C14H24N4O/c1-4-5-15-9-13-10-19-7-6-18(13)14-12(3)16-8-11(2)17-14/h8,13,15H,4-7,9-10H2,1-3H3. The molecule has 0 aromatic carbocycles. The van der Waals surface area contributed by atoms with Crippen molar-refractivity contribution in [3.8, 4) is 0 Å². The molecule has 0 radical (unpaired) electrons. The van der Waals surface area contributed by atoms with Gasteiger partial charge in [-0.3, -0.25) is 4.98 Å². The molecule has 1 aromatic heterocycles. The fourth-order valence-electron chi connectivity index (χ4n) is 2.35. The highest BCUT2D eigenvalue weighted by Crippen LogP contribution is 2.20. The van der Waals surface area contributed by atoms with Crippen LogP contribution in [0.5, 0.6) is 0 Å². The molecule has 1 aromatic rings. The number of morpholine rings is 1. The smallest absolute Gasteiger partial charge is 0.150 e. The van der Waals surface area contributed by atoms with Gasteiger partial charge in [0, 0.05) is 19.3 Å². The van der Waals surface area contributed by atoms with E-state index in [9.17, 15) is 0 Å². The van der Waals surface area contributed by atoms with E-state index in [0.717, 1.165) is 56.5 Å². The molecular weight excluding hydrogens is 240 g/mol. The van der Waals surface area contributed by atoms with Crippen LogP contribution in [0, 0.1) is 13.8 Å². The van der Waals surface area contributed by atoms with Crippen LogP contribution in [0.25, 0.3) is 0 Å². The first-order chi connectivity index (χ1) is 9.22. The fraction of sp³-hybridized carbons (Fsp3) is 0.714. The number of nitrogens with zero attached hydrogens (tertiary/aromatic N) is 3. The maximum absolute atomic E-state index is 5.60. The van der Waals surface area contributed by atoms with E-state index in [1.807, 2.05) is 20.0 Å². The molecule has 0 saturated carbocycles. The summed E-state index contributed by atoms with van der Waals surface area (Å²) in [5.74, 6) is 1.01. The molecule has 1 fully saturated rings. The van der Waals surface area contributed by atoms with E-state index in [-0.39, 0.29) is 0 Å². The minimum Gasteiger partial charge on any atom is -0.377 e. The lowest BCUT2D eigenvalue weighted by Gasteiger charge is -2.37. The second-order valence-electron chi connectivity index (χ2n) is 5.05. The van der Waals surface area contributed by atoms with E-state index in [1.165, 1.54) is 0 Å². The zero-order valence-corrected chi connectivity index (χ0v) is 12.1. The summed E-state index contributed by atoms with van der Waals surface area (Å²) in [5, 5.41) is 3.47. The molecule has 1 N–H and O–H groups in total. The highest BCUT2D eigenvalue weighted by molar-refractivity contribution is 5.45.